The van der Waals surface area contributed by atoms with Gasteiger partial charge in [-0.3, -0.25) is 14.6 Å². The molecule has 1 saturated heterocycles. The summed E-state index contributed by atoms with van der Waals surface area (Å²) >= 11 is 1.85. The van der Waals surface area contributed by atoms with Gasteiger partial charge in [-0.15, -0.1) is 11.3 Å². The van der Waals surface area contributed by atoms with Gasteiger partial charge in [0.15, 0.2) is 0 Å². The molecule has 4 heterocycles. The zero-order valence-electron chi connectivity index (χ0n) is 23.6. The lowest BCUT2D eigenvalue weighted by Gasteiger charge is -2.39. The number of thiophene rings is 1. The highest BCUT2D eigenvalue weighted by atomic mass is 32.1. The third kappa shape index (κ3) is 5.23. The maximum Gasteiger partial charge on any atom is 0.228 e. The SMILES string of the molecule is CC(C)c1nc(N2CCN(C(=O)[C@H]3CC=CC[C@@H]3C(=O)Nc3cccnc3)CC2)c2c3c(sc2n1)C[C@@H](C)CC3. The summed E-state index contributed by atoms with van der Waals surface area (Å²) in [6.07, 6.45) is 11.9. The van der Waals surface area contributed by atoms with Gasteiger partial charge in [0.25, 0.3) is 0 Å². The number of aryl methyl sites for hydroxylation is 1. The second kappa shape index (κ2) is 11.3. The van der Waals surface area contributed by atoms with Gasteiger partial charge in [0, 0.05) is 43.2 Å². The number of anilines is 2. The van der Waals surface area contributed by atoms with Gasteiger partial charge in [0.2, 0.25) is 11.8 Å². The van der Waals surface area contributed by atoms with E-state index in [1.54, 1.807) is 18.5 Å². The van der Waals surface area contributed by atoms with Crippen molar-refractivity contribution < 1.29 is 9.59 Å². The monoisotopic (exact) mass is 558 g/mol. The van der Waals surface area contributed by atoms with Crippen molar-refractivity contribution in [1.82, 2.24) is 19.9 Å². The molecule has 0 unspecified atom stereocenters. The lowest BCUT2D eigenvalue weighted by Crippen LogP contribution is -2.52. The van der Waals surface area contributed by atoms with E-state index in [1.165, 1.54) is 22.2 Å². The molecule has 40 heavy (non-hydrogen) atoms. The Morgan fingerprint density at radius 3 is 2.58 bits per heavy atom. The fraction of sp³-hybridized carbons (Fsp3) is 0.516. The number of hydrogen-bond donors (Lipinski definition) is 1. The smallest absolute Gasteiger partial charge is 0.228 e. The minimum Gasteiger partial charge on any atom is -0.352 e. The number of hydrogen-bond acceptors (Lipinski definition) is 7. The Morgan fingerprint density at radius 2 is 1.85 bits per heavy atom. The summed E-state index contributed by atoms with van der Waals surface area (Å²) < 4.78 is 0. The quantitative estimate of drug-likeness (QED) is 0.433. The Bertz CT molecular complexity index is 1430. The molecule has 9 heteroatoms. The first kappa shape index (κ1) is 26.9. The van der Waals surface area contributed by atoms with E-state index < -0.39 is 0 Å². The highest BCUT2D eigenvalue weighted by Gasteiger charge is 2.38. The average molecular weight is 559 g/mol. The fourth-order valence-corrected chi connectivity index (χ4v) is 7.63. The lowest BCUT2D eigenvalue weighted by atomic mass is 9.81. The van der Waals surface area contributed by atoms with Crippen LogP contribution in [0.2, 0.25) is 0 Å². The number of nitrogens with zero attached hydrogens (tertiary/aromatic N) is 5. The number of fused-ring (bicyclic) bond motifs is 3. The lowest BCUT2D eigenvalue weighted by molar-refractivity contribution is -0.141. The Balaban J connectivity index is 1.19. The average Bonchev–Trinajstić information content (AvgIpc) is 3.34. The zero-order chi connectivity index (χ0) is 27.8. The Labute approximate surface area is 239 Å². The molecule has 8 nitrogen and oxygen atoms in total. The van der Waals surface area contributed by atoms with Crippen LogP contribution in [0.3, 0.4) is 0 Å². The molecule has 1 aliphatic heterocycles. The number of rotatable bonds is 5. The summed E-state index contributed by atoms with van der Waals surface area (Å²) in [6.45, 7) is 9.35. The molecular formula is C31H38N6O2S. The van der Waals surface area contributed by atoms with Crippen molar-refractivity contribution in [2.75, 3.05) is 36.4 Å². The number of pyridine rings is 1. The van der Waals surface area contributed by atoms with Crippen LogP contribution < -0.4 is 10.2 Å². The van der Waals surface area contributed by atoms with Crippen molar-refractivity contribution in [2.24, 2.45) is 17.8 Å². The first-order valence-electron chi connectivity index (χ1n) is 14.6. The zero-order valence-corrected chi connectivity index (χ0v) is 24.4. The Hall–Kier alpha value is -3.33. The van der Waals surface area contributed by atoms with Gasteiger partial charge >= 0.3 is 0 Å². The summed E-state index contributed by atoms with van der Waals surface area (Å²) in [4.78, 5) is 48.0. The van der Waals surface area contributed by atoms with Crippen LogP contribution in [0.4, 0.5) is 11.5 Å². The topological polar surface area (TPSA) is 91.3 Å². The summed E-state index contributed by atoms with van der Waals surface area (Å²) in [5.74, 6) is 2.12. The van der Waals surface area contributed by atoms with Crippen LogP contribution in [0.25, 0.3) is 10.2 Å². The van der Waals surface area contributed by atoms with Gasteiger partial charge < -0.3 is 15.1 Å². The van der Waals surface area contributed by atoms with Crippen LogP contribution in [0, 0.1) is 17.8 Å². The first-order valence-corrected chi connectivity index (χ1v) is 15.4. The predicted molar refractivity (Wildman–Crippen MR) is 160 cm³/mol. The molecule has 2 aliphatic carbocycles. The number of carbonyl (C=O) groups is 2. The molecule has 3 atom stereocenters. The van der Waals surface area contributed by atoms with Crippen LogP contribution >= 0.6 is 11.3 Å². The van der Waals surface area contributed by atoms with E-state index in [1.807, 2.05) is 34.5 Å². The van der Waals surface area contributed by atoms with Gasteiger partial charge in [-0.05, 0) is 55.7 Å². The molecule has 3 aromatic rings. The van der Waals surface area contributed by atoms with Crippen LogP contribution in [0.15, 0.2) is 36.7 Å². The van der Waals surface area contributed by atoms with E-state index in [4.69, 9.17) is 9.97 Å². The normalized spacial score (nSPS) is 22.9. The van der Waals surface area contributed by atoms with Gasteiger partial charge in [-0.2, -0.15) is 0 Å². The van der Waals surface area contributed by atoms with Crippen molar-refractivity contribution in [3.8, 4) is 0 Å². The highest BCUT2D eigenvalue weighted by Crippen LogP contribution is 2.42. The van der Waals surface area contributed by atoms with Crippen molar-refractivity contribution in [1.29, 1.82) is 0 Å². The second-order valence-electron chi connectivity index (χ2n) is 11.8. The van der Waals surface area contributed by atoms with Crippen molar-refractivity contribution in [3.05, 3.63) is 52.9 Å². The molecule has 0 saturated carbocycles. The maximum absolute atomic E-state index is 13.8. The maximum atomic E-state index is 13.8. The molecule has 3 aliphatic rings. The molecule has 0 spiro atoms. The largest absolute Gasteiger partial charge is 0.352 e. The van der Waals surface area contributed by atoms with E-state index in [2.05, 4.69) is 36.0 Å². The summed E-state index contributed by atoms with van der Waals surface area (Å²) in [7, 11) is 0. The molecule has 0 bridgehead atoms. The third-order valence-corrected chi connectivity index (χ3v) is 9.72. The molecule has 0 aromatic carbocycles. The van der Waals surface area contributed by atoms with Crippen molar-refractivity contribution in [3.63, 3.8) is 0 Å². The van der Waals surface area contributed by atoms with Gasteiger partial charge in [-0.25, -0.2) is 9.97 Å². The molecule has 1 N–H and O–H groups in total. The van der Waals surface area contributed by atoms with E-state index in [0.29, 0.717) is 37.5 Å². The number of aromatic nitrogens is 3. The van der Waals surface area contributed by atoms with Crippen LogP contribution in [-0.4, -0.2) is 57.8 Å². The van der Waals surface area contributed by atoms with Crippen molar-refractivity contribution in [2.45, 2.75) is 58.8 Å². The number of nitrogens with one attached hydrogen (secondary N) is 1. The minimum absolute atomic E-state index is 0.0768. The van der Waals surface area contributed by atoms with E-state index in [0.717, 1.165) is 42.4 Å². The van der Waals surface area contributed by atoms with Gasteiger partial charge in [0.05, 0.1) is 29.1 Å². The number of amides is 2. The first-order chi connectivity index (χ1) is 19.4. The molecule has 3 aromatic heterocycles. The van der Waals surface area contributed by atoms with E-state index in [-0.39, 0.29) is 29.6 Å². The summed E-state index contributed by atoms with van der Waals surface area (Å²) in [5, 5.41) is 4.19. The van der Waals surface area contributed by atoms with Gasteiger partial charge in [-0.1, -0.05) is 32.9 Å². The molecule has 6 rings (SSSR count). The molecule has 210 valence electrons. The number of carbonyl (C=O) groups excluding carboxylic acids is 2. The second-order valence-corrected chi connectivity index (χ2v) is 12.9. The van der Waals surface area contributed by atoms with E-state index >= 15 is 0 Å². The predicted octanol–water partition coefficient (Wildman–Crippen LogP) is 5.20. The van der Waals surface area contributed by atoms with E-state index in [9.17, 15) is 9.59 Å². The Kier molecular flexibility index (Phi) is 7.57. The summed E-state index contributed by atoms with van der Waals surface area (Å²) in [5.41, 5.74) is 2.10. The van der Waals surface area contributed by atoms with Gasteiger partial charge in [0.1, 0.15) is 16.5 Å². The Morgan fingerprint density at radius 1 is 1.07 bits per heavy atom. The summed E-state index contributed by atoms with van der Waals surface area (Å²) in [6, 6.07) is 3.61. The van der Waals surface area contributed by atoms with Crippen molar-refractivity contribution >= 4 is 44.9 Å². The number of allylic oxidation sites excluding steroid dienone is 2. The highest BCUT2D eigenvalue weighted by molar-refractivity contribution is 7.19. The van der Waals surface area contributed by atoms with Crippen LogP contribution in [-0.2, 0) is 22.4 Å². The number of piperazine rings is 1. The third-order valence-electron chi connectivity index (χ3n) is 8.58. The van der Waals surface area contributed by atoms with Crippen LogP contribution in [0.1, 0.15) is 62.2 Å². The fourth-order valence-electron chi connectivity index (χ4n) is 6.25. The molecule has 0 radical (unpaired) electrons. The molecule has 2 amide bonds. The standard InChI is InChI=1S/C31H38N6O2S/c1-19(2)27-34-28(26-24-11-10-20(3)17-25(24)40-30(26)35-27)36-13-15-37(16-14-36)31(39)23-9-5-4-8-22(23)29(38)33-21-7-6-12-32-18-21/h4-7,12,18-20,22-23H,8-11,13-17H2,1-3H3,(H,33,38)/t20-,22-,23-/m0/s1. The molecule has 1 fully saturated rings. The molecular weight excluding hydrogens is 520 g/mol. The van der Waals surface area contributed by atoms with Crippen LogP contribution in [0.5, 0.6) is 0 Å². The minimum atomic E-state index is -0.384.